The summed E-state index contributed by atoms with van der Waals surface area (Å²) in [6.45, 7) is 3.89. The first-order valence-corrected chi connectivity index (χ1v) is 8.21. The Kier molecular flexibility index (Phi) is 10.4. The molecule has 7 nitrogen and oxygen atoms in total. The number of esters is 2. The third-order valence-corrected chi connectivity index (χ3v) is 3.48. The molecule has 9 heteroatoms. The quantitative estimate of drug-likeness (QED) is 0.380. The van der Waals surface area contributed by atoms with E-state index in [0.29, 0.717) is 12.8 Å². The van der Waals surface area contributed by atoms with Gasteiger partial charge in [-0.2, -0.15) is 8.42 Å². The van der Waals surface area contributed by atoms with Gasteiger partial charge in [-0.25, -0.2) is 9.59 Å². The van der Waals surface area contributed by atoms with Crippen LogP contribution in [0.25, 0.3) is 0 Å². The predicted octanol–water partition coefficient (Wildman–Crippen LogP) is -0.817. The third kappa shape index (κ3) is 7.00. The Bertz CT molecular complexity index is 661. The van der Waals surface area contributed by atoms with E-state index in [9.17, 15) is 22.6 Å². The summed E-state index contributed by atoms with van der Waals surface area (Å²) >= 11 is 0. The van der Waals surface area contributed by atoms with E-state index in [1.165, 1.54) is 6.07 Å². The molecule has 1 aromatic rings. The number of hydrogen-bond acceptors (Lipinski definition) is 6. The van der Waals surface area contributed by atoms with Crippen LogP contribution in [-0.4, -0.2) is 38.1 Å². The monoisotopic (exact) mass is 370 g/mol. The molecule has 1 rings (SSSR count). The summed E-state index contributed by atoms with van der Waals surface area (Å²) in [4.78, 5) is 22.9. The molecule has 0 heterocycles. The zero-order valence-corrected chi connectivity index (χ0v) is 17.3. The second-order valence-corrected chi connectivity index (χ2v) is 5.85. The second kappa shape index (κ2) is 10.5. The van der Waals surface area contributed by atoms with Crippen LogP contribution in [0.5, 0.6) is 0 Å². The zero-order chi connectivity index (χ0) is 16.8. The molecule has 0 aliphatic heterocycles. The van der Waals surface area contributed by atoms with Crippen LogP contribution in [0.1, 0.15) is 48.8 Å². The maximum Gasteiger partial charge on any atom is 1.00 e. The van der Waals surface area contributed by atoms with Crippen molar-refractivity contribution in [2.75, 3.05) is 13.2 Å². The van der Waals surface area contributed by atoms with E-state index in [1.54, 1.807) is 6.92 Å². The van der Waals surface area contributed by atoms with Gasteiger partial charge >= 0.3 is 63.3 Å². The predicted molar refractivity (Wildman–Crippen MR) is 78.5 cm³/mol. The molecule has 0 unspecified atom stereocenters. The Balaban J connectivity index is 0. The second-order valence-electron chi connectivity index (χ2n) is 4.46. The molecule has 0 amide bonds. The molecule has 0 spiro atoms. The summed E-state index contributed by atoms with van der Waals surface area (Å²) in [5.41, 5.74) is -0.406. The molecule has 124 valence electrons. The van der Waals surface area contributed by atoms with Crippen molar-refractivity contribution in [1.29, 1.82) is 0 Å². The minimum atomic E-state index is -4.69. The summed E-state index contributed by atoms with van der Waals surface area (Å²) in [6.07, 6.45) is 1.17. The molecule has 0 bridgehead atoms. The van der Waals surface area contributed by atoms with Crippen LogP contribution in [0, 0.1) is 0 Å². The van der Waals surface area contributed by atoms with Gasteiger partial charge in [0, 0.05) is 0 Å². The fourth-order valence-corrected chi connectivity index (χ4v) is 2.29. The minimum Gasteiger partial charge on any atom is -1.00 e. The standard InChI is InChI=1S/C14H18O7S.K.H/c1-3-7-20-13(15)10-5-6-11(14(16)21-8-4-2)12(9-10)22(17,18)19;;/h5-6,9H,3-4,7-8H2,1-2H3,(H,17,18,19);;/q;+1;-1. The van der Waals surface area contributed by atoms with Crippen molar-refractivity contribution >= 4 is 22.1 Å². The first kappa shape index (κ1) is 22.7. The largest absolute Gasteiger partial charge is 1.00 e. The summed E-state index contributed by atoms with van der Waals surface area (Å²) in [5, 5.41) is 0. The normalized spacial score (nSPS) is 10.6. The summed E-state index contributed by atoms with van der Waals surface area (Å²) in [5.74, 6) is -1.62. The van der Waals surface area contributed by atoms with Crippen molar-refractivity contribution in [3.05, 3.63) is 29.3 Å². The topological polar surface area (TPSA) is 107 Å². The van der Waals surface area contributed by atoms with E-state index in [1.807, 2.05) is 6.92 Å². The van der Waals surface area contributed by atoms with E-state index in [-0.39, 0.29) is 77.2 Å². The Labute approximate surface area is 179 Å². The van der Waals surface area contributed by atoms with Gasteiger partial charge in [0.15, 0.2) is 0 Å². The molecular formula is C14H19KO7S. The fourth-order valence-electron chi connectivity index (χ4n) is 1.58. The zero-order valence-electron chi connectivity index (χ0n) is 14.4. The summed E-state index contributed by atoms with van der Waals surface area (Å²) in [6, 6.07) is 3.26. The van der Waals surface area contributed by atoms with Gasteiger partial charge in [-0.05, 0) is 31.0 Å². The van der Waals surface area contributed by atoms with Gasteiger partial charge in [0.05, 0.1) is 24.3 Å². The Morgan fingerprint density at radius 2 is 1.61 bits per heavy atom. The average Bonchev–Trinajstić information content (AvgIpc) is 2.48. The van der Waals surface area contributed by atoms with Crippen molar-refractivity contribution in [1.82, 2.24) is 0 Å². The summed E-state index contributed by atoms with van der Waals surface area (Å²) < 4.78 is 41.8. The molecule has 23 heavy (non-hydrogen) atoms. The molecule has 0 fully saturated rings. The van der Waals surface area contributed by atoms with Crippen molar-refractivity contribution in [3.63, 3.8) is 0 Å². The molecule has 1 N–H and O–H groups in total. The number of carbonyl (C=O) groups is 2. The van der Waals surface area contributed by atoms with Crippen LogP contribution in [0.3, 0.4) is 0 Å². The number of carbonyl (C=O) groups excluding carboxylic acids is 2. The first-order valence-electron chi connectivity index (χ1n) is 6.77. The van der Waals surface area contributed by atoms with Gasteiger partial charge in [0.25, 0.3) is 10.1 Å². The smallest absolute Gasteiger partial charge is 1.00 e. The maximum absolute atomic E-state index is 11.8. The van der Waals surface area contributed by atoms with Crippen molar-refractivity contribution in [2.45, 2.75) is 31.6 Å². The van der Waals surface area contributed by atoms with Gasteiger partial charge < -0.3 is 10.9 Å². The Morgan fingerprint density at radius 3 is 2.09 bits per heavy atom. The molecular weight excluding hydrogens is 351 g/mol. The van der Waals surface area contributed by atoms with E-state index in [2.05, 4.69) is 0 Å². The number of hydrogen-bond donors (Lipinski definition) is 1. The van der Waals surface area contributed by atoms with Gasteiger partial charge in [-0.3, -0.25) is 4.55 Å². The van der Waals surface area contributed by atoms with E-state index < -0.39 is 27.0 Å². The van der Waals surface area contributed by atoms with Crippen LogP contribution >= 0.6 is 0 Å². The van der Waals surface area contributed by atoms with E-state index >= 15 is 0 Å². The maximum atomic E-state index is 11.8. The molecule has 0 aliphatic rings. The number of benzene rings is 1. The Hall–Kier alpha value is -0.294. The molecule has 0 aliphatic carbocycles. The van der Waals surface area contributed by atoms with Gasteiger partial charge in [0.1, 0.15) is 4.90 Å². The van der Waals surface area contributed by atoms with E-state index in [4.69, 9.17) is 9.47 Å². The van der Waals surface area contributed by atoms with E-state index in [0.717, 1.165) is 12.1 Å². The van der Waals surface area contributed by atoms with Crippen LogP contribution in [-0.2, 0) is 19.6 Å². The first-order chi connectivity index (χ1) is 10.3. The minimum absolute atomic E-state index is 0. The molecule has 0 aromatic heterocycles. The van der Waals surface area contributed by atoms with Crippen LogP contribution in [0.4, 0.5) is 0 Å². The SMILES string of the molecule is CCCOC(=O)c1ccc(C(=O)OCCC)c(S(=O)(=O)O)c1.[H-].[K+]. The van der Waals surface area contributed by atoms with Gasteiger partial charge in [-0.15, -0.1) is 0 Å². The van der Waals surface area contributed by atoms with Crippen LogP contribution in [0.2, 0.25) is 0 Å². The number of rotatable bonds is 7. The Morgan fingerprint density at radius 1 is 1.09 bits per heavy atom. The molecule has 0 saturated heterocycles. The average molecular weight is 370 g/mol. The van der Waals surface area contributed by atoms with Crippen LogP contribution in [0.15, 0.2) is 23.1 Å². The number of ether oxygens (including phenoxy) is 2. The fraction of sp³-hybridized carbons (Fsp3) is 0.429. The van der Waals surface area contributed by atoms with Crippen molar-refractivity contribution in [2.24, 2.45) is 0 Å². The third-order valence-electron chi connectivity index (χ3n) is 2.59. The van der Waals surface area contributed by atoms with Crippen molar-refractivity contribution < 1.29 is 84.8 Å². The van der Waals surface area contributed by atoms with Crippen molar-refractivity contribution in [3.8, 4) is 0 Å². The van der Waals surface area contributed by atoms with Gasteiger partial charge in [0.2, 0.25) is 0 Å². The van der Waals surface area contributed by atoms with Gasteiger partial charge in [-0.1, -0.05) is 13.8 Å². The molecule has 0 saturated carbocycles. The molecule has 0 atom stereocenters. The molecule has 0 radical (unpaired) electrons. The van der Waals surface area contributed by atoms with Crippen LogP contribution < -0.4 is 51.4 Å². The molecule has 1 aromatic carbocycles. The summed E-state index contributed by atoms with van der Waals surface area (Å²) in [7, 11) is -4.69.